The van der Waals surface area contributed by atoms with Crippen LogP contribution in [-0.2, 0) is 19.6 Å². The maximum absolute atomic E-state index is 13.2. The second kappa shape index (κ2) is 10.8. The summed E-state index contributed by atoms with van der Waals surface area (Å²) in [6.45, 7) is 6.96. The van der Waals surface area contributed by atoms with Crippen LogP contribution in [-0.4, -0.2) is 51.9 Å². The molecule has 0 aliphatic carbocycles. The average Bonchev–Trinajstić information content (AvgIpc) is 2.74. The summed E-state index contributed by atoms with van der Waals surface area (Å²) >= 11 is 0. The molecule has 33 heavy (non-hydrogen) atoms. The molecule has 1 amide bonds. The van der Waals surface area contributed by atoms with Crippen LogP contribution in [0.3, 0.4) is 0 Å². The molecule has 2 aromatic rings. The molecule has 180 valence electrons. The minimum atomic E-state index is -3.74. The van der Waals surface area contributed by atoms with Gasteiger partial charge in [-0.15, -0.1) is 0 Å². The molecule has 0 bridgehead atoms. The van der Waals surface area contributed by atoms with Gasteiger partial charge >= 0.3 is 5.97 Å². The number of ether oxygens (including phenoxy) is 2. The number of hydrogen-bond donors (Lipinski definition) is 1. The van der Waals surface area contributed by atoms with Gasteiger partial charge in [0.25, 0.3) is 5.91 Å². The van der Waals surface area contributed by atoms with Gasteiger partial charge in [-0.05, 0) is 68.7 Å². The van der Waals surface area contributed by atoms with Crippen molar-refractivity contribution >= 4 is 21.9 Å². The molecular formula is C24H32N2O6S. The van der Waals surface area contributed by atoms with E-state index in [9.17, 15) is 18.0 Å². The number of methoxy groups -OCH3 is 1. The molecule has 0 fully saturated rings. The average molecular weight is 477 g/mol. The Bertz CT molecular complexity index is 1110. The van der Waals surface area contributed by atoms with Crippen molar-refractivity contribution in [1.29, 1.82) is 0 Å². The van der Waals surface area contributed by atoms with Crippen LogP contribution >= 0.6 is 0 Å². The van der Waals surface area contributed by atoms with E-state index in [0.717, 1.165) is 4.31 Å². The molecule has 1 unspecified atom stereocenters. The fraction of sp³-hybridized carbons (Fsp3) is 0.417. The summed E-state index contributed by atoms with van der Waals surface area (Å²) in [5.41, 5.74) is 2.12. The Hall–Kier alpha value is -2.91. The maximum Gasteiger partial charge on any atom is 0.308 e. The fourth-order valence-electron chi connectivity index (χ4n) is 3.23. The van der Waals surface area contributed by atoms with Crippen LogP contribution in [0.4, 0.5) is 0 Å². The van der Waals surface area contributed by atoms with Crippen LogP contribution < -0.4 is 10.1 Å². The highest BCUT2D eigenvalue weighted by molar-refractivity contribution is 7.89. The van der Waals surface area contributed by atoms with Gasteiger partial charge in [0.2, 0.25) is 10.0 Å². The minimum Gasteiger partial charge on any atom is -0.497 e. The Balaban J connectivity index is 2.42. The Morgan fingerprint density at radius 2 is 1.67 bits per heavy atom. The van der Waals surface area contributed by atoms with Crippen LogP contribution in [0, 0.1) is 13.8 Å². The van der Waals surface area contributed by atoms with Gasteiger partial charge in [0, 0.05) is 19.7 Å². The summed E-state index contributed by atoms with van der Waals surface area (Å²) in [7, 11) is 0.690. The van der Waals surface area contributed by atoms with Gasteiger partial charge in [0.1, 0.15) is 5.75 Å². The molecule has 1 atom stereocenters. The van der Waals surface area contributed by atoms with Crippen molar-refractivity contribution in [3.8, 4) is 5.75 Å². The van der Waals surface area contributed by atoms with E-state index in [4.69, 9.17) is 9.47 Å². The van der Waals surface area contributed by atoms with E-state index in [1.165, 1.54) is 20.2 Å². The smallest absolute Gasteiger partial charge is 0.308 e. The number of nitrogens with zero attached hydrogens (tertiary/aromatic N) is 1. The Kier molecular flexibility index (Phi) is 8.63. The van der Waals surface area contributed by atoms with Crippen molar-refractivity contribution in [2.24, 2.45) is 0 Å². The van der Waals surface area contributed by atoms with Crippen LogP contribution in [0.15, 0.2) is 41.3 Å². The third-order valence-corrected chi connectivity index (χ3v) is 7.14. The molecule has 0 spiro atoms. The summed E-state index contributed by atoms with van der Waals surface area (Å²) < 4.78 is 37.1. The second-order valence-electron chi connectivity index (χ2n) is 8.25. The Morgan fingerprint density at radius 1 is 1.06 bits per heavy atom. The lowest BCUT2D eigenvalue weighted by molar-refractivity contribution is -0.147. The van der Waals surface area contributed by atoms with Crippen molar-refractivity contribution in [3.05, 3.63) is 58.7 Å². The lowest BCUT2D eigenvalue weighted by Crippen LogP contribution is -2.31. The zero-order valence-corrected chi connectivity index (χ0v) is 20.9. The highest BCUT2D eigenvalue weighted by atomic mass is 32.2. The lowest BCUT2D eigenvalue weighted by atomic mass is 10.0. The third kappa shape index (κ3) is 6.55. The molecule has 0 heterocycles. The molecule has 2 rings (SSSR count). The van der Waals surface area contributed by atoms with E-state index >= 15 is 0 Å². The predicted molar refractivity (Wildman–Crippen MR) is 126 cm³/mol. The molecule has 0 saturated carbocycles. The summed E-state index contributed by atoms with van der Waals surface area (Å²) in [5.74, 6) is -0.310. The Labute approximate surface area is 195 Å². The molecule has 2 aromatic carbocycles. The molecule has 0 aliphatic rings. The summed E-state index contributed by atoms with van der Waals surface area (Å²) in [4.78, 5) is 25.6. The number of esters is 1. The number of nitrogens with one attached hydrogen (secondary N) is 1. The van der Waals surface area contributed by atoms with Crippen LogP contribution in [0.25, 0.3) is 0 Å². The molecule has 1 N–H and O–H groups in total. The minimum absolute atomic E-state index is 0.0675. The number of carbonyl (C=O) groups is 2. The number of aryl methyl sites for hydroxylation is 1. The number of hydrogen-bond acceptors (Lipinski definition) is 6. The van der Waals surface area contributed by atoms with Gasteiger partial charge in [-0.1, -0.05) is 12.1 Å². The van der Waals surface area contributed by atoms with E-state index in [1.54, 1.807) is 65.1 Å². The zero-order valence-electron chi connectivity index (χ0n) is 20.1. The summed E-state index contributed by atoms with van der Waals surface area (Å²) in [6.07, 6.45) is -0.368. The van der Waals surface area contributed by atoms with Gasteiger partial charge in [-0.2, -0.15) is 0 Å². The van der Waals surface area contributed by atoms with E-state index in [-0.39, 0.29) is 23.0 Å². The number of amides is 1. The monoisotopic (exact) mass is 476 g/mol. The molecular weight excluding hydrogens is 444 g/mol. The first kappa shape index (κ1) is 26.3. The summed E-state index contributed by atoms with van der Waals surface area (Å²) in [5, 5.41) is 2.86. The van der Waals surface area contributed by atoms with Gasteiger partial charge in [0.15, 0.2) is 0 Å². The Morgan fingerprint density at radius 3 is 2.18 bits per heavy atom. The topological polar surface area (TPSA) is 102 Å². The maximum atomic E-state index is 13.2. The SMILES string of the molecule is COc1ccc(C(CC(=O)OC(C)C)NC(=O)c2cc(C)c(C)c(S(=O)(=O)N(C)C)c2)cc1. The first-order chi connectivity index (χ1) is 15.4. The first-order valence-electron chi connectivity index (χ1n) is 10.5. The number of carbonyl (C=O) groups excluding carboxylic acids is 2. The van der Waals surface area contributed by atoms with Crippen LogP contribution in [0.2, 0.25) is 0 Å². The van der Waals surface area contributed by atoms with Gasteiger partial charge in [-0.25, -0.2) is 12.7 Å². The van der Waals surface area contributed by atoms with Crippen molar-refractivity contribution < 1.29 is 27.5 Å². The van der Waals surface area contributed by atoms with Gasteiger partial charge in [0.05, 0.1) is 30.6 Å². The largest absolute Gasteiger partial charge is 0.497 e. The fourth-order valence-corrected chi connectivity index (χ4v) is 4.45. The molecule has 0 saturated heterocycles. The van der Waals surface area contributed by atoms with Crippen LogP contribution in [0.1, 0.15) is 53.4 Å². The normalized spacial score (nSPS) is 12.5. The van der Waals surface area contributed by atoms with Gasteiger partial charge < -0.3 is 14.8 Å². The molecule has 0 radical (unpaired) electrons. The predicted octanol–water partition coefficient (Wildman–Crippen LogP) is 3.38. The molecule has 8 nitrogen and oxygen atoms in total. The quantitative estimate of drug-likeness (QED) is 0.557. The van der Waals surface area contributed by atoms with E-state index < -0.39 is 27.9 Å². The molecule has 0 aliphatic heterocycles. The van der Waals surface area contributed by atoms with E-state index in [1.807, 2.05) is 0 Å². The first-order valence-corrected chi connectivity index (χ1v) is 12.0. The van der Waals surface area contributed by atoms with Crippen molar-refractivity contribution in [2.75, 3.05) is 21.2 Å². The standard InChI is InChI=1S/C24H32N2O6S/c1-15(2)32-23(27)14-21(18-8-10-20(31-7)11-9-18)25-24(28)19-12-16(3)17(4)22(13-19)33(29,30)26(5)6/h8-13,15,21H,14H2,1-7H3,(H,25,28). The zero-order chi connectivity index (χ0) is 24.9. The number of benzene rings is 2. The van der Waals surface area contributed by atoms with Crippen LogP contribution in [0.5, 0.6) is 5.75 Å². The third-order valence-electron chi connectivity index (χ3n) is 5.20. The van der Waals surface area contributed by atoms with Gasteiger partial charge in [-0.3, -0.25) is 9.59 Å². The number of sulfonamides is 1. The van der Waals surface area contributed by atoms with Crippen molar-refractivity contribution in [2.45, 2.75) is 51.2 Å². The molecule has 9 heteroatoms. The number of rotatable bonds is 9. The second-order valence-corrected chi connectivity index (χ2v) is 10.4. The van der Waals surface area contributed by atoms with E-state index in [2.05, 4.69) is 5.32 Å². The summed E-state index contributed by atoms with van der Waals surface area (Å²) in [6, 6.07) is 9.32. The molecule has 0 aromatic heterocycles. The highest BCUT2D eigenvalue weighted by Crippen LogP contribution is 2.25. The van der Waals surface area contributed by atoms with Crippen molar-refractivity contribution in [3.63, 3.8) is 0 Å². The van der Waals surface area contributed by atoms with E-state index in [0.29, 0.717) is 22.4 Å². The van der Waals surface area contributed by atoms with Crippen molar-refractivity contribution in [1.82, 2.24) is 9.62 Å². The lowest BCUT2D eigenvalue weighted by Gasteiger charge is -2.21. The highest BCUT2D eigenvalue weighted by Gasteiger charge is 2.25.